The molecular formula is C19H22N4O4. The van der Waals surface area contributed by atoms with Gasteiger partial charge in [0.15, 0.2) is 0 Å². The summed E-state index contributed by atoms with van der Waals surface area (Å²) in [5.74, 6) is -0.905. The minimum atomic E-state index is -0.973. The minimum absolute atomic E-state index is 0.0510. The molecule has 0 unspecified atom stereocenters. The second-order valence-electron chi connectivity index (χ2n) is 7.18. The van der Waals surface area contributed by atoms with Gasteiger partial charge in [0.05, 0.1) is 12.5 Å². The molecular weight excluding hydrogens is 348 g/mol. The summed E-state index contributed by atoms with van der Waals surface area (Å²) in [5.41, 5.74) is 2.34. The van der Waals surface area contributed by atoms with E-state index in [1.165, 1.54) is 0 Å². The number of nitriles is 1. The van der Waals surface area contributed by atoms with E-state index in [4.69, 9.17) is 10.4 Å². The highest BCUT2D eigenvalue weighted by Gasteiger charge is 2.45. The van der Waals surface area contributed by atoms with Gasteiger partial charge in [0.2, 0.25) is 5.91 Å². The normalized spacial score (nSPS) is 16.9. The second kappa shape index (κ2) is 7.66. The van der Waals surface area contributed by atoms with Crippen molar-refractivity contribution in [3.05, 3.63) is 23.8 Å². The zero-order chi connectivity index (χ0) is 19.4. The van der Waals surface area contributed by atoms with E-state index < -0.39 is 12.0 Å². The first-order valence-electron chi connectivity index (χ1n) is 8.99. The lowest BCUT2D eigenvalue weighted by molar-refractivity contribution is -0.136. The lowest BCUT2D eigenvalue weighted by Gasteiger charge is -2.32. The van der Waals surface area contributed by atoms with Crippen molar-refractivity contribution in [2.75, 3.05) is 23.3 Å². The molecule has 1 aliphatic carbocycles. The number of carbonyl (C=O) groups is 3. The Hall–Kier alpha value is -3.08. The summed E-state index contributed by atoms with van der Waals surface area (Å²) in [7, 11) is 0. The number of benzene rings is 1. The van der Waals surface area contributed by atoms with Gasteiger partial charge in [0.25, 0.3) is 0 Å². The Labute approximate surface area is 157 Å². The molecule has 0 aromatic heterocycles. The molecule has 0 saturated heterocycles. The lowest BCUT2D eigenvalue weighted by atomic mass is 9.96. The van der Waals surface area contributed by atoms with Gasteiger partial charge >= 0.3 is 12.0 Å². The highest BCUT2D eigenvalue weighted by atomic mass is 16.4. The number of carboxylic acids is 1. The number of hydrogen-bond acceptors (Lipinski definition) is 4. The number of nitrogens with zero attached hydrogens (tertiary/aromatic N) is 2. The van der Waals surface area contributed by atoms with Crippen LogP contribution in [-0.2, 0) is 16.0 Å². The number of hydrogen-bond donors (Lipinski definition) is 3. The maximum atomic E-state index is 12.4. The quantitative estimate of drug-likeness (QED) is 0.679. The van der Waals surface area contributed by atoms with E-state index in [0.717, 1.165) is 24.1 Å². The fourth-order valence-corrected chi connectivity index (χ4v) is 3.34. The molecule has 1 aliphatic heterocycles. The maximum Gasteiger partial charge on any atom is 0.319 e. The summed E-state index contributed by atoms with van der Waals surface area (Å²) in [4.78, 5) is 36.5. The van der Waals surface area contributed by atoms with Crippen LogP contribution < -0.4 is 15.5 Å². The standard InChI is InChI=1S/C19H22N4O4/c20-9-8-19(6-7-19)12-23-15-3-2-14(11-13(15)1-4-16(23)24)22-18(27)21-10-5-17(25)26/h2-3,11H,1,4-8,10,12H2,(H,25,26)(H2,21,22,27). The van der Waals surface area contributed by atoms with E-state index in [9.17, 15) is 14.4 Å². The molecule has 3 N–H and O–H groups in total. The van der Waals surface area contributed by atoms with Crippen molar-refractivity contribution in [2.45, 2.75) is 38.5 Å². The highest BCUT2D eigenvalue weighted by molar-refractivity contribution is 5.97. The smallest absolute Gasteiger partial charge is 0.319 e. The summed E-state index contributed by atoms with van der Waals surface area (Å²) in [5, 5.41) is 22.8. The third kappa shape index (κ3) is 4.56. The van der Waals surface area contributed by atoms with E-state index in [2.05, 4.69) is 16.7 Å². The molecule has 0 spiro atoms. The molecule has 1 saturated carbocycles. The molecule has 0 atom stereocenters. The number of carboxylic acid groups (broad SMARTS) is 1. The average Bonchev–Trinajstić information content (AvgIpc) is 3.37. The predicted molar refractivity (Wildman–Crippen MR) is 98.3 cm³/mol. The van der Waals surface area contributed by atoms with Crippen LogP contribution in [0.25, 0.3) is 0 Å². The fraction of sp³-hybridized carbons (Fsp3) is 0.474. The third-order valence-corrected chi connectivity index (χ3v) is 5.07. The number of urea groups is 1. The zero-order valence-electron chi connectivity index (χ0n) is 15.0. The van der Waals surface area contributed by atoms with Crippen molar-refractivity contribution in [2.24, 2.45) is 5.41 Å². The molecule has 3 amide bonds. The topological polar surface area (TPSA) is 123 Å². The van der Waals surface area contributed by atoms with Crippen molar-refractivity contribution >= 4 is 29.3 Å². The summed E-state index contributed by atoms with van der Waals surface area (Å²) in [6.07, 6.45) is 3.27. The number of anilines is 2. The van der Waals surface area contributed by atoms with Crippen molar-refractivity contribution in [3.8, 4) is 6.07 Å². The monoisotopic (exact) mass is 370 g/mol. The molecule has 8 nitrogen and oxygen atoms in total. The molecule has 1 aromatic carbocycles. The SMILES string of the molecule is N#CCC1(CN2C(=O)CCc3cc(NC(=O)NCCC(=O)O)ccc32)CC1. The van der Waals surface area contributed by atoms with Gasteiger partial charge < -0.3 is 20.6 Å². The number of aryl methyl sites for hydroxylation is 1. The van der Waals surface area contributed by atoms with E-state index in [-0.39, 0.29) is 24.3 Å². The molecule has 2 aliphatic rings. The first-order valence-corrected chi connectivity index (χ1v) is 8.99. The molecule has 1 aromatic rings. The van der Waals surface area contributed by atoms with Crippen LogP contribution in [0.2, 0.25) is 0 Å². The molecule has 3 rings (SSSR count). The Balaban J connectivity index is 1.67. The first-order chi connectivity index (χ1) is 12.9. The van der Waals surface area contributed by atoms with Crippen LogP contribution in [0.15, 0.2) is 18.2 Å². The van der Waals surface area contributed by atoms with Gasteiger partial charge in [-0.3, -0.25) is 9.59 Å². The Bertz CT molecular complexity index is 810. The highest BCUT2D eigenvalue weighted by Crippen LogP contribution is 2.50. The number of rotatable bonds is 7. The van der Waals surface area contributed by atoms with Gasteiger partial charge in [-0.15, -0.1) is 0 Å². The summed E-state index contributed by atoms with van der Waals surface area (Å²) in [6.45, 7) is 0.615. The summed E-state index contributed by atoms with van der Waals surface area (Å²) >= 11 is 0. The van der Waals surface area contributed by atoms with Crippen LogP contribution in [0, 0.1) is 16.7 Å². The Morgan fingerprint density at radius 3 is 2.74 bits per heavy atom. The molecule has 1 fully saturated rings. The van der Waals surface area contributed by atoms with Crippen molar-refractivity contribution in [1.29, 1.82) is 5.26 Å². The largest absolute Gasteiger partial charge is 0.481 e. The number of carbonyl (C=O) groups excluding carboxylic acids is 2. The average molecular weight is 370 g/mol. The number of nitrogens with one attached hydrogen (secondary N) is 2. The lowest BCUT2D eigenvalue weighted by Crippen LogP contribution is -2.39. The Morgan fingerprint density at radius 1 is 1.30 bits per heavy atom. The predicted octanol–water partition coefficient (Wildman–Crippen LogP) is 2.26. The summed E-state index contributed by atoms with van der Waals surface area (Å²) < 4.78 is 0. The van der Waals surface area contributed by atoms with Gasteiger partial charge in [0, 0.05) is 42.7 Å². The number of aliphatic carboxylic acids is 1. The first kappa shape index (κ1) is 18.7. The molecule has 27 heavy (non-hydrogen) atoms. The molecule has 142 valence electrons. The molecule has 0 radical (unpaired) electrons. The molecule has 8 heteroatoms. The minimum Gasteiger partial charge on any atom is -0.481 e. The Morgan fingerprint density at radius 2 is 2.07 bits per heavy atom. The maximum absolute atomic E-state index is 12.4. The van der Waals surface area contributed by atoms with Crippen LogP contribution in [0.5, 0.6) is 0 Å². The van der Waals surface area contributed by atoms with Crippen LogP contribution >= 0.6 is 0 Å². The van der Waals surface area contributed by atoms with Gasteiger partial charge in [-0.1, -0.05) is 0 Å². The van der Waals surface area contributed by atoms with Gasteiger partial charge in [-0.05, 0) is 43.0 Å². The van der Waals surface area contributed by atoms with E-state index >= 15 is 0 Å². The van der Waals surface area contributed by atoms with E-state index in [1.807, 2.05) is 12.1 Å². The number of fused-ring (bicyclic) bond motifs is 1. The third-order valence-electron chi connectivity index (χ3n) is 5.07. The Kier molecular flexibility index (Phi) is 5.31. The van der Waals surface area contributed by atoms with Crippen molar-refractivity contribution in [1.82, 2.24) is 5.32 Å². The summed E-state index contributed by atoms with van der Waals surface area (Å²) in [6, 6.07) is 7.15. The van der Waals surface area contributed by atoms with Crippen LogP contribution in [0.3, 0.4) is 0 Å². The second-order valence-corrected chi connectivity index (χ2v) is 7.18. The van der Waals surface area contributed by atoms with Gasteiger partial charge in [-0.25, -0.2) is 4.79 Å². The van der Waals surface area contributed by atoms with Crippen molar-refractivity contribution in [3.63, 3.8) is 0 Å². The number of amides is 3. The van der Waals surface area contributed by atoms with Crippen LogP contribution in [0.4, 0.5) is 16.2 Å². The fourth-order valence-electron chi connectivity index (χ4n) is 3.34. The van der Waals surface area contributed by atoms with Gasteiger partial charge in [-0.2, -0.15) is 5.26 Å². The molecule has 1 heterocycles. The van der Waals surface area contributed by atoms with E-state index in [1.54, 1.807) is 11.0 Å². The molecule has 0 bridgehead atoms. The zero-order valence-corrected chi connectivity index (χ0v) is 15.0. The van der Waals surface area contributed by atoms with E-state index in [0.29, 0.717) is 31.5 Å². The van der Waals surface area contributed by atoms with Crippen LogP contribution in [0.1, 0.15) is 37.7 Å². The van der Waals surface area contributed by atoms with Crippen LogP contribution in [-0.4, -0.2) is 36.1 Å². The van der Waals surface area contributed by atoms with Crippen molar-refractivity contribution < 1.29 is 19.5 Å². The van der Waals surface area contributed by atoms with Gasteiger partial charge in [0.1, 0.15) is 0 Å².